The van der Waals surface area contributed by atoms with E-state index in [0.29, 0.717) is 12.2 Å². The molecule has 23 heavy (non-hydrogen) atoms. The topological polar surface area (TPSA) is 116 Å². The average molecular weight is 313 g/mol. The molecule has 2 aromatic heterocycles. The van der Waals surface area contributed by atoms with Crippen LogP contribution in [0.3, 0.4) is 0 Å². The molecule has 0 spiro atoms. The predicted molar refractivity (Wildman–Crippen MR) is 84.1 cm³/mol. The van der Waals surface area contributed by atoms with E-state index >= 15 is 0 Å². The van der Waals surface area contributed by atoms with Crippen molar-refractivity contribution >= 4 is 22.8 Å². The van der Waals surface area contributed by atoms with Gasteiger partial charge in [0.05, 0.1) is 18.8 Å². The molecule has 0 saturated carbocycles. The van der Waals surface area contributed by atoms with E-state index in [1.807, 2.05) is 30.3 Å². The predicted octanol–water partition coefficient (Wildman–Crippen LogP) is 0.927. The summed E-state index contributed by atoms with van der Waals surface area (Å²) >= 11 is 0. The molecule has 3 aromatic rings. The zero-order valence-electron chi connectivity index (χ0n) is 12.4. The highest BCUT2D eigenvalue weighted by molar-refractivity contribution is 6.01. The molecule has 3 N–H and O–H groups in total. The third-order valence-electron chi connectivity index (χ3n) is 3.37. The van der Waals surface area contributed by atoms with Gasteiger partial charge in [0, 0.05) is 0 Å². The molecule has 3 rings (SSSR count). The van der Waals surface area contributed by atoms with Crippen molar-refractivity contribution in [3.63, 3.8) is 0 Å². The molecule has 2 heterocycles. The van der Waals surface area contributed by atoms with E-state index in [1.54, 1.807) is 6.92 Å². The van der Waals surface area contributed by atoms with Crippen LogP contribution in [0.25, 0.3) is 11.2 Å². The second-order valence-corrected chi connectivity index (χ2v) is 4.89. The fourth-order valence-corrected chi connectivity index (χ4v) is 2.30. The summed E-state index contributed by atoms with van der Waals surface area (Å²) in [7, 11) is 0. The first-order valence-corrected chi connectivity index (χ1v) is 7.07. The van der Waals surface area contributed by atoms with E-state index in [4.69, 9.17) is 10.5 Å². The van der Waals surface area contributed by atoms with Crippen molar-refractivity contribution in [1.82, 2.24) is 20.0 Å². The molecule has 0 saturated heterocycles. The van der Waals surface area contributed by atoms with Gasteiger partial charge in [0.1, 0.15) is 5.56 Å². The maximum Gasteiger partial charge on any atom is 0.345 e. The Labute approximate surface area is 130 Å². The van der Waals surface area contributed by atoms with Gasteiger partial charge < -0.3 is 15.5 Å². The fourth-order valence-electron chi connectivity index (χ4n) is 2.30. The molecule has 118 valence electrons. The van der Waals surface area contributed by atoms with Crippen molar-refractivity contribution < 1.29 is 9.53 Å². The number of pyridine rings is 1. The fraction of sp³-hybridized carbons (Fsp3) is 0.200. The number of benzene rings is 1. The van der Waals surface area contributed by atoms with Crippen molar-refractivity contribution in [2.24, 2.45) is 0 Å². The maximum absolute atomic E-state index is 12.2. The smallest absolute Gasteiger partial charge is 0.345 e. The third-order valence-corrected chi connectivity index (χ3v) is 3.37. The number of carbonyl (C=O) groups excluding carboxylic acids is 1. The number of nitrogen functional groups attached to an aromatic ring is 1. The monoisotopic (exact) mass is 313 g/mol. The Hall–Kier alpha value is -3.16. The number of aromatic amines is 1. The molecule has 0 aliphatic heterocycles. The molecule has 0 atom stereocenters. The SMILES string of the molecule is CCOC(=O)c1c(N)c2nnn(Cc3ccccc3)c2[nH]c1=O. The number of rotatable bonds is 4. The first kappa shape index (κ1) is 14.8. The molecule has 0 aliphatic rings. The zero-order valence-corrected chi connectivity index (χ0v) is 12.4. The largest absolute Gasteiger partial charge is 0.462 e. The summed E-state index contributed by atoms with van der Waals surface area (Å²) in [5.74, 6) is -0.772. The second-order valence-electron chi connectivity index (χ2n) is 4.89. The Balaban J connectivity index is 2.08. The van der Waals surface area contributed by atoms with Crippen molar-refractivity contribution in [2.45, 2.75) is 13.5 Å². The van der Waals surface area contributed by atoms with E-state index in [-0.39, 0.29) is 23.4 Å². The van der Waals surface area contributed by atoms with Crippen LogP contribution in [-0.4, -0.2) is 32.6 Å². The molecular formula is C15H15N5O3. The van der Waals surface area contributed by atoms with Crippen LogP contribution in [-0.2, 0) is 11.3 Å². The quantitative estimate of drug-likeness (QED) is 0.692. The number of hydrogen-bond acceptors (Lipinski definition) is 6. The number of hydrogen-bond donors (Lipinski definition) is 2. The standard InChI is InChI=1S/C15H15N5O3/c1-2-23-15(22)10-11(16)12-13(17-14(10)21)20(19-18-12)8-9-6-4-3-5-7-9/h3-7H,2,8H2,1H3,(H3,16,17,21). The number of esters is 1. The lowest BCUT2D eigenvalue weighted by Gasteiger charge is -2.06. The van der Waals surface area contributed by atoms with Gasteiger partial charge in [-0.3, -0.25) is 4.79 Å². The van der Waals surface area contributed by atoms with Gasteiger partial charge in [0.15, 0.2) is 11.2 Å². The molecule has 8 nitrogen and oxygen atoms in total. The van der Waals surface area contributed by atoms with Crippen LogP contribution >= 0.6 is 0 Å². The van der Waals surface area contributed by atoms with Crippen LogP contribution in [0.5, 0.6) is 0 Å². The Kier molecular flexibility index (Phi) is 3.80. The number of fused-ring (bicyclic) bond motifs is 1. The number of nitrogens with two attached hydrogens (primary N) is 1. The van der Waals surface area contributed by atoms with E-state index in [2.05, 4.69) is 15.3 Å². The van der Waals surface area contributed by atoms with Crippen molar-refractivity contribution in [1.29, 1.82) is 0 Å². The summed E-state index contributed by atoms with van der Waals surface area (Å²) in [6.07, 6.45) is 0. The van der Waals surface area contributed by atoms with E-state index < -0.39 is 11.5 Å². The summed E-state index contributed by atoms with van der Waals surface area (Å²) in [5.41, 5.74) is 6.66. The van der Waals surface area contributed by atoms with Crippen LogP contribution in [0.4, 0.5) is 5.69 Å². The van der Waals surface area contributed by atoms with Crippen LogP contribution < -0.4 is 11.3 Å². The lowest BCUT2D eigenvalue weighted by Crippen LogP contribution is -2.23. The Morgan fingerprint density at radius 3 is 2.78 bits per heavy atom. The molecule has 1 aromatic carbocycles. The molecule has 8 heteroatoms. The minimum absolute atomic E-state index is 0.0264. The summed E-state index contributed by atoms with van der Waals surface area (Å²) < 4.78 is 6.37. The number of aromatic nitrogens is 4. The summed E-state index contributed by atoms with van der Waals surface area (Å²) in [5, 5.41) is 7.97. The summed E-state index contributed by atoms with van der Waals surface area (Å²) in [6.45, 7) is 2.22. The molecule has 0 radical (unpaired) electrons. The summed E-state index contributed by atoms with van der Waals surface area (Å²) in [4.78, 5) is 26.6. The van der Waals surface area contributed by atoms with E-state index in [0.717, 1.165) is 5.56 Å². The number of nitrogens with one attached hydrogen (secondary N) is 1. The minimum atomic E-state index is -0.772. The molecule has 0 bridgehead atoms. The highest BCUT2D eigenvalue weighted by atomic mass is 16.5. The first-order chi connectivity index (χ1) is 11.1. The van der Waals surface area contributed by atoms with Crippen LogP contribution in [0.2, 0.25) is 0 Å². The van der Waals surface area contributed by atoms with Gasteiger partial charge in [-0.2, -0.15) is 0 Å². The summed E-state index contributed by atoms with van der Waals surface area (Å²) in [6, 6.07) is 9.59. The van der Waals surface area contributed by atoms with Gasteiger partial charge in [0.2, 0.25) is 0 Å². The van der Waals surface area contributed by atoms with Gasteiger partial charge in [-0.1, -0.05) is 35.5 Å². The molecule has 0 unspecified atom stereocenters. The Bertz CT molecular complexity index is 914. The number of H-pyrrole nitrogens is 1. The number of carbonyl (C=O) groups is 1. The molecular weight excluding hydrogens is 298 g/mol. The van der Waals surface area contributed by atoms with Crippen molar-refractivity contribution in [3.8, 4) is 0 Å². The van der Waals surface area contributed by atoms with Gasteiger partial charge in [0.25, 0.3) is 5.56 Å². The van der Waals surface area contributed by atoms with Gasteiger partial charge in [-0.25, -0.2) is 9.48 Å². The lowest BCUT2D eigenvalue weighted by atomic mass is 10.2. The zero-order chi connectivity index (χ0) is 16.4. The average Bonchev–Trinajstić information content (AvgIpc) is 2.92. The lowest BCUT2D eigenvalue weighted by molar-refractivity contribution is 0.0525. The van der Waals surface area contributed by atoms with Crippen molar-refractivity contribution in [2.75, 3.05) is 12.3 Å². The Morgan fingerprint density at radius 2 is 2.09 bits per heavy atom. The van der Waals surface area contributed by atoms with Crippen LogP contribution in [0, 0.1) is 0 Å². The highest BCUT2D eigenvalue weighted by Crippen LogP contribution is 2.19. The molecule has 0 fully saturated rings. The van der Waals surface area contributed by atoms with Crippen molar-refractivity contribution in [3.05, 3.63) is 51.8 Å². The minimum Gasteiger partial charge on any atom is -0.462 e. The van der Waals surface area contributed by atoms with Crippen LogP contribution in [0.1, 0.15) is 22.8 Å². The number of anilines is 1. The molecule has 0 aliphatic carbocycles. The van der Waals surface area contributed by atoms with Gasteiger partial charge in [-0.15, -0.1) is 5.10 Å². The molecule has 0 amide bonds. The van der Waals surface area contributed by atoms with Crippen LogP contribution in [0.15, 0.2) is 35.1 Å². The van der Waals surface area contributed by atoms with E-state index in [9.17, 15) is 9.59 Å². The number of nitrogens with zero attached hydrogens (tertiary/aromatic N) is 3. The van der Waals surface area contributed by atoms with Gasteiger partial charge >= 0.3 is 5.97 Å². The Morgan fingerprint density at radius 1 is 1.35 bits per heavy atom. The maximum atomic E-state index is 12.2. The third kappa shape index (κ3) is 2.66. The number of ether oxygens (including phenoxy) is 1. The van der Waals surface area contributed by atoms with E-state index in [1.165, 1.54) is 4.68 Å². The first-order valence-electron chi connectivity index (χ1n) is 7.07. The highest BCUT2D eigenvalue weighted by Gasteiger charge is 2.21. The second kappa shape index (κ2) is 5.91. The normalized spacial score (nSPS) is 10.8. The van der Waals surface area contributed by atoms with Gasteiger partial charge in [-0.05, 0) is 12.5 Å².